The third kappa shape index (κ3) is 3.96. The molecule has 2 aromatic carbocycles. The van der Waals surface area contributed by atoms with Gasteiger partial charge < -0.3 is 14.8 Å². The Kier molecular flexibility index (Phi) is 5.79. The van der Waals surface area contributed by atoms with Crippen LogP contribution < -0.4 is 14.8 Å². The fraction of sp³-hybridized carbons (Fsp3) is 0.150. The molecule has 0 amide bonds. The summed E-state index contributed by atoms with van der Waals surface area (Å²) in [6, 6.07) is 17.2. The molecule has 0 aliphatic rings. The Labute approximate surface area is 162 Å². The van der Waals surface area contributed by atoms with Crippen LogP contribution in [0, 0.1) is 11.3 Å². The largest absolute Gasteiger partial charge is 0.497 e. The van der Waals surface area contributed by atoms with Crippen molar-refractivity contribution < 1.29 is 9.47 Å². The fourth-order valence-corrected chi connectivity index (χ4v) is 2.93. The van der Waals surface area contributed by atoms with Crippen molar-refractivity contribution in [2.24, 2.45) is 0 Å². The Bertz CT molecular complexity index is 987. The van der Waals surface area contributed by atoms with E-state index in [1.807, 2.05) is 48.7 Å². The minimum Gasteiger partial charge on any atom is -0.497 e. The maximum atomic E-state index is 9.78. The van der Waals surface area contributed by atoms with Crippen LogP contribution in [0.2, 0.25) is 0 Å². The highest BCUT2D eigenvalue weighted by Crippen LogP contribution is 2.34. The first kappa shape index (κ1) is 18.5. The van der Waals surface area contributed by atoms with Crippen LogP contribution in [0.15, 0.2) is 53.7 Å². The lowest BCUT2D eigenvalue weighted by Crippen LogP contribution is -2.04. The lowest BCUT2D eigenvalue weighted by Gasteiger charge is -2.15. The molecule has 0 aliphatic carbocycles. The predicted molar refractivity (Wildman–Crippen MR) is 107 cm³/mol. The number of aromatic nitrogens is 2. The van der Waals surface area contributed by atoms with E-state index in [1.165, 1.54) is 11.8 Å². The zero-order valence-corrected chi connectivity index (χ0v) is 16.0. The van der Waals surface area contributed by atoms with E-state index in [2.05, 4.69) is 21.4 Å². The molecule has 27 heavy (non-hydrogen) atoms. The molecule has 0 atom stereocenters. The summed E-state index contributed by atoms with van der Waals surface area (Å²) < 4.78 is 10.7. The van der Waals surface area contributed by atoms with Crippen LogP contribution in [0.25, 0.3) is 11.3 Å². The van der Waals surface area contributed by atoms with Crippen molar-refractivity contribution in [3.8, 4) is 28.8 Å². The summed E-state index contributed by atoms with van der Waals surface area (Å²) in [5, 5.41) is 13.6. The zero-order valence-electron chi connectivity index (χ0n) is 15.2. The van der Waals surface area contributed by atoms with Gasteiger partial charge in [-0.1, -0.05) is 42.1 Å². The first-order valence-electron chi connectivity index (χ1n) is 8.10. The Morgan fingerprint density at radius 3 is 2.44 bits per heavy atom. The van der Waals surface area contributed by atoms with Gasteiger partial charge in [-0.05, 0) is 18.4 Å². The van der Waals surface area contributed by atoms with Gasteiger partial charge in [-0.25, -0.2) is 9.97 Å². The SMILES string of the molecule is COc1ccc(Nc2nc(SC)nc(-c3ccccc3)c2C#N)c(OC)c1. The molecule has 0 fully saturated rings. The molecule has 0 saturated heterocycles. The number of ether oxygens (including phenoxy) is 2. The second-order valence-corrected chi connectivity index (χ2v) is 6.22. The van der Waals surface area contributed by atoms with Crippen LogP contribution in [-0.4, -0.2) is 30.4 Å². The highest BCUT2D eigenvalue weighted by atomic mass is 32.2. The van der Waals surface area contributed by atoms with Crippen molar-refractivity contribution in [2.45, 2.75) is 5.16 Å². The molecule has 0 unspecified atom stereocenters. The van der Waals surface area contributed by atoms with Crippen molar-refractivity contribution in [3.63, 3.8) is 0 Å². The molecule has 1 aromatic heterocycles. The zero-order chi connectivity index (χ0) is 19.2. The summed E-state index contributed by atoms with van der Waals surface area (Å²) in [5.74, 6) is 1.69. The molecular weight excluding hydrogens is 360 g/mol. The van der Waals surface area contributed by atoms with E-state index in [1.54, 1.807) is 20.3 Å². The van der Waals surface area contributed by atoms with Crippen LogP contribution in [0.5, 0.6) is 11.5 Å². The number of hydrogen-bond acceptors (Lipinski definition) is 7. The summed E-state index contributed by atoms with van der Waals surface area (Å²) in [7, 11) is 3.17. The Morgan fingerprint density at radius 1 is 1.04 bits per heavy atom. The standard InChI is InChI=1S/C20H18N4O2S/c1-25-14-9-10-16(17(11-14)26-2)22-19-15(12-21)18(23-20(24-19)27-3)13-7-5-4-6-8-13/h4-11H,1-3H3,(H,22,23,24). The Balaban J connectivity index is 2.12. The van der Waals surface area contributed by atoms with Gasteiger partial charge in [-0.2, -0.15) is 5.26 Å². The fourth-order valence-electron chi connectivity index (χ4n) is 2.56. The number of anilines is 2. The summed E-state index contributed by atoms with van der Waals surface area (Å²) in [6.45, 7) is 0. The predicted octanol–water partition coefficient (Wildman–Crippen LogP) is 4.50. The number of hydrogen-bond donors (Lipinski definition) is 1. The van der Waals surface area contributed by atoms with Gasteiger partial charge in [0.25, 0.3) is 0 Å². The minimum absolute atomic E-state index is 0.372. The third-order valence-electron chi connectivity index (χ3n) is 3.89. The second-order valence-electron chi connectivity index (χ2n) is 5.45. The number of methoxy groups -OCH3 is 2. The van der Waals surface area contributed by atoms with Gasteiger partial charge in [0.2, 0.25) is 0 Å². The Hall–Kier alpha value is -3.24. The van der Waals surface area contributed by atoms with E-state index < -0.39 is 0 Å². The molecule has 0 spiro atoms. The molecule has 1 heterocycles. The summed E-state index contributed by atoms with van der Waals surface area (Å²) in [6.07, 6.45) is 1.90. The van der Waals surface area contributed by atoms with Gasteiger partial charge in [0.1, 0.15) is 23.1 Å². The Morgan fingerprint density at radius 2 is 1.81 bits per heavy atom. The first-order chi connectivity index (χ1) is 13.2. The molecule has 3 rings (SSSR count). The van der Waals surface area contributed by atoms with E-state index in [0.29, 0.717) is 39.4 Å². The van der Waals surface area contributed by atoms with Crippen molar-refractivity contribution in [1.82, 2.24) is 9.97 Å². The quantitative estimate of drug-likeness (QED) is 0.500. The maximum absolute atomic E-state index is 9.78. The molecular formula is C20H18N4O2S. The molecule has 0 bridgehead atoms. The van der Waals surface area contributed by atoms with Crippen LogP contribution in [0.3, 0.4) is 0 Å². The van der Waals surface area contributed by atoms with Crippen molar-refractivity contribution in [1.29, 1.82) is 5.26 Å². The van der Waals surface area contributed by atoms with E-state index in [4.69, 9.17) is 9.47 Å². The number of nitrogens with zero attached hydrogens (tertiary/aromatic N) is 3. The number of benzene rings is 2. The number of nitrogens with one attached hydrogen (secondary N) is 1. The number of thioether (sulfide) groups is 1. The highest BCUT2D eigenvalue weighted by molar-refractivity contribution is 7.98. The maximum Gasteiger partial charge on any atom is 0.189 e. The highest BCUT2D eigenvalue weighted by Gasteiger charge is 2.17. The van der Waals surface area contributed by atoms with Gasteiger partial charge in [0, 0.05) is 11.6 Å². The average molecular weight is 378 g/mol. The van der Waals surface area contributed by atoms with Crippen LogP contribution in [0.4, 0.5) is 11.5 Å². The number of rotatable bonds is 6. The van der Waals surface area contributed by atoms with E-state index in [-0.39, 0.29) is 0 Å². The molecule has 0 aliphatic heterocycles. The molecule has 7 heteroatoms. The minimum atomic E-state index is 0.372. The monoisotopic (exact) mass is 378 g/mol. The van der Waals surface area contributed by atoms with Crippen molar-refractivity contribution in [2.75, 3.05) is 25.8 Å². The number of nitriles is 1. The van der Waals surface area contributed by atoms with Gasteiger partial charge in [-0.15, -0.1) is 0 Å². The lowest BCUT2D eigenvalue weighted by atomic mass is 10.1. The van der Waals surface area contributed by atoms with Crippen LogP contribution in [0.1, 0.15) is 5.56 Å². The lowest BCUT2D eigenvalue weighted by molar-refractivity contribution is 0.395. The van der Waals surface area contributed by atoms with Gasteiger partial charge in [-0.3, -0.25) is 0 Å². The summed E-state index contributed by atoms with van der Waals surface area (Å²) in [4.78, 5) is 9.04. The van der Waals surface area contributed by atoms with E-state index in [9.17, 15) is 5.26 Å². The molecule has 0 radical (unpaired) electrons. The third-order valence-corrected chi connectivity index (χ3v) is 4.44. The van der Waals surface area contributed by atoms with E-state index in [0.717, 1.165) is 5.56 Å². The smallest absolute Gasteiger partial charge is 0.189 e. The van der Waals surface area contributed by atoms with Gasteiger partial charge in [0.15, 0.2) is 11.0 Å². The molecule has 1 N–H and O–H groups in total. The van der Waals surface area contributed by atoms with Crippen molar-refractivity contribution >= 4 is 23.3 Å². The molecule has 0 saturated carbocycles. The topological polar surface area (TPSA) is 80.1 Å². The van der Waals surface area contributed by atoms with Gasteiger partial charge in [0.05, 0.1) is 25.6 Å². The summed E-state index contributed by atoms with van der Waals surface area (Å²) in [5.41, 5.74) is 2.50. The van der Waals surface area contributed by atoms with Crippen molar-refractivity contribution in [3.05, 3.63) is 54.1 Å². The normalized spacial score (nSPS) is 10.1. The molecule has 136 valence electrons. The van der Waals surface area contributed by atoms with Crippen LogP contribution in [-0.2, 0) is 0 Å². The summed E-state index contributed by atoms with van der Waals surface area (Å²) >= 11 is 1.41. The van der Waals surface area contributed by atoms with Gasteiger partial charge >= 0.3 is 0 Å². The molecule has 3 aromatic rings. The average Bonchev–Trinajstić information content (AvgIpc) is 2.74. The molecule has 6 nitrogen and oxygen atoms in total. The van der Waals surface area contributed by atoms with Crippen LogP contribution >= 0.6 is 11.8 Å². The van der Waals surface area contributed by atoms with E-state index >= 15 is 0 Å². The first-order valence-corrected chi connectivity index (χ1v) is 9.33. The second kappa shape index (κ2) is 8.43.